The van der Waals surface area contributed by atoms with E-state index in [2.05, 4.69) is 24.3 Å². The molecule has 0 fully saturated rings. The van der Waals surface area contributed by atoms with E-state index in [1.54, 1.807) is 0 Å². The van der Waals surface area contributed by atoms with Crippen molar-refractivity contribution in [1.29, 1.82) is 0 Å². The molecule has 3 nitrogen and oxygen atoms in total. The van der Waals surface area contributed by atoms with Crippen molar-refractivity contribution < 1.29 is 0 Å². The van der Waals surface area contributed by atoms with Gasteiger partial charge in [-0.2, -0.15) is 0 Å². The summed E-state index contributed by atoms with van der Waals surface area (Å²) in [6.07, 6.45) is 4.50. The Kier molecular flexibility index (Phi) is 1.62. The van der Waals surface area contributed by atoms with Crippen LogP contribution in [-0.4, -0.2) is 30.2 Å². The molecule has 1 heterocycles. The first-order valence-corrected chi connectivity index (χ1v) is 3.11. The molecule has 0 amide bonds. The van der Waals surface area contributed by atoms with Crippen LogP contribution in [0.2, 0.25) is 0 Å². The first-order chi connectivity index (χ1) is 4.25. The zero-order chi connectivity index (χ0) is 6.85. The minimum Gasteiger partial charge on any atom is -0.358 e. The highest BCUT2D eigenvalue weighted by Gasteiger charge is 2.15. The van der Waals surface area contributed by atoms with Crippen LogP contribution in [0.3, 0.4) is 0 Å². The molecule has 0 saturated heterocycles. The van der Waals surface area contributed by atoms with E-state index in [-0.39, 0.29) is 0 Å². The molecule has 0 aromatic heterocycles. The van der Waals surface area contributed by atoms with E-state index in [4.69, 9.17) is 0 Å². The molecule has 0 aliphatic carbocycles. The maximum atomic E-state index is 3.05. The monoisotopic (exact) mass is 127 g/mol. The maximum Gasteiger partial charge on any atom is 0.112 e. The van der Waals surface area contributed by atoms with Gasteiger partial charge < -0.3 is 4.90 Å². The van der Waals surface area contributed by atoms with E-state index in [1.165, 1.54) is 0 Å². The molecule has 1 unspecified atom stereocenters. The van der Waals surface area contributed by atoms with Crippen molar-refractivity contribution in [1.82, 2.24) is 15.3 Å². The Morgan fingerprint density at radius 3 is 2.33 bits per heavy atom. The fourth-order valence-corrected chi connectivity index (χ4v) is 0.884. The Hall–Kier alpha value is -0.700. The van der Waals surface area contributed by atoms with Crippen molar-refractivity contribution in [3.63, 3.8) is 0 Å². The van der Waals surface area contributed by atoms with Gasteiger partial charge in [0.2, 0.25) is 0 Å². The van der Waals surface area contributed by atoms with Gasteiger partial charge in [-0.3, -0.25) is 5.01 Å². The minimum absolute atomic E-state index is 0.440. The highest BCUT2D eigenvalue weighted by Crippen LogP contribution is 2.08. The SMILES string of the molecule is CNN1C=CN(C)C1C. The number of hydrogen-bond acceptors (Lipinski definition) is 3. The fourth-order valence-electron chi connectivity index (χ4n) is 0.884. The Morgan fingerprint density at radius 1 is 1.44 bits per heavy atom. The Labute approximate surface area is 55.9 Å². The normalized spacial score (nSPS) is 25.9. The summed E-state index contributed by atoms with van der Waals surface area (Å²) in [5.74, 6) is 0. The predicted molar refractivity (Wildman–Crippen MR) is 37.3 cm³/mol. The molecule has 1 atom stereocenters. The van der Waals surface area contributed by atoms with Crippen molar-refractivity contribution in [3.05, 3.63) is 12.4 Å². The summed E-state index contributed by atoms with van der Waals surface area (Å²) in [4.78, 5) is 2.14. The Morgan fingerprint density at radius 2 is 2.11 bits per heavy atom. The van der Waals surface area contributed by atoms with Crippen molar-refractivity contribution in [2.75, 3.05) is 14.1 Å². The maximum absolute atomic E-state index is 3.05. The largest absolute Gasteiger partial charge is 0.358 e. The van der Waals surface area contributed by atoms with E-state index in [0.717, 1.165) is 0 Å². The molecule has 3 heteroatoms. The van der Waals surface area contributed by atoms with Crippen LogP contribution in [-0.2, 0) is 0 Å². The topological polar surface area (TPSA) is 18.5 Å². The summed E-state index contributed by atoms with van der Waals surface area (Å²) in [5, 5.41) is 2.04. The third-order valence-electron chi connectivity index (χ3n) is 1.71. The van der Waals surface area contributed by atoms with Crippen molar-refractivity contribution in [2.45, 2.75) is 13.1 Å². The van der Waals surface area contributed by atoms with Crippen LogP contribution in [0.25, 0.3) is 0 Å². The first-order valence-electron chi connectivity index (χ1n) is 3.11. The zero-order valence-corrected chi connectivity index (χ0v) is 6.13. The highest BCUT2D eigenvalue weighted by atomic mass is 15.6. The summed E-state index contributed by atoms with van der Waals surface area (Å²) in [6, 6.07) is 0. The smallest absolute Gasteiger partial charge is 0.112 e. The van der Waals surface area contributed by atoms with E-state index >= 15 is 0 Å². The molecule has 1 N–H and O–H groups in total. The van der Waals surface area contributed by atoms with Gasteiger partial charge >= 0.3 is 0 Å². The van der Waals surface area contributed by atoms with Crippen molar-refractivity contribution in [2.24, 2.45) is 0 Å². The first kappa shape index (κ1) is 6.42. The highest BCUT2D eigenvalue weighted by molar-refractivity contribution is 4.91. The minimum atomic E-state index is 0.440. The molecule has 1 rings (SSSR count). The predicted octanol–water partition coefficient (Wildman–Crippen LogP) is 0.185. The molecule has 1 aliphatic rings. The lowest BCUT2D eigenvalue weighted by atomic mass is 10.5. The van der Waals surface area contributed by atoms with Crippen LogP contribution in [0, 0.1) is 0 Å². The molecule has 9 heavy (non-hydrogen) atoms. The second-order valence-electron chi connectivity index (χ2n) is 2.23. The van der Waals surface area contributed by atoms with Crippen LogP contribution in [0.15, 0.2) is 12.4 Å². The molecule has 52 valence electrons. The van der Waals surface area contributed by atoms with Crippen molar-refractivity contribution >= 4 is 0 Å². The quantitative estimate of drug-likeness (QED) is 0.542. The van der Waals surface area contributed by atoms with Gasteiger partial charge in [-0.15, -0.1) is 0 Å². The zero-order valence-electron chi connectivity index (χ0n) is 6.13. The fraction of sp³-hybridized carbons (Fsp3) is 0.667. The molecule has 0 saturated carbocycles. The van der Waals surface area contributed by atoms with Gasteiger partial charge in [0, 0.05) is 26.5 Å². The third kappa shape index (κ3) is 1.00. The van der Waals surface area contributed by atoms with Crippen LogP contribution in [0.4, 0.5) is 0 Å². The number of rotatable bonds is 1. The van der Waals surface area contributed by atoms with Gasteiger partial charge in [-0.25, -0.2) is 5.43 Å². The van der Waals surface area contributed by atoms with E-state index in [0.29, 0.717) is 6.17 Å². The molecule has 0 bridgehead atoms. The standard InChI is InChI=1S/C6H13N3/c1-6-8(3)4-5-9(6)7-2/h4-7H,1-3H3. The number of hydrogen-bond donors (Lipinski definition) is 1. The van der Waals surface area contributed by atoms with Gasteiger partial charge in [-0.05, 0) is 6.92 Å². The molecular weight excluding hydrogens is 114 g/mol. The Balaban J connectivity index is 2.51. The summed E-state index contributed by atoms with van der Waals surface area (Å²) < 4.78 is 0. The average molecular weight is 127 g/mol. The van der Waals surface area contributed by atoms with Crippen LogP contribution in [0.5, 0.6) is 0 Å². The van der Waals surface area contributed by atoms with E-state index in [9.17, 15) is 0 Å². The van der Waals surface area contributed by atoms with Gasteiger partial charge in [0.15, 0.2) is 0 Å². The number of nitrogens with zero attached hydrogens (tertiary/aromatic N) is 2. The second-order valence-corrected chi connectivity index (χ2v) is 2.23. The molecule has 1 aliphatic heterocycles. The van der Waals surface area contributed by atoms with E-state index < -0.39 is 0 Å². The van der Waals surface area contributed by atoms with Crippen molar-refractivity contribution in [3.8, 4) is 0 Å². The molecule has 0 radical (unpaired) electrons. The lowest BCUT2D eigenvalue weighted by Gasteiger charge is -2.25. The van der Waals surface area contributed by atoms with Gasteiger partial charge in [0.05, 0.1) is 0 Å². The second kappa shape index (κ2) is 2.27. The number of hydrazine groups is 1. The summed E-state index contributed by atoms with van der Waals surface area (Å²) in [7, 11) is 3.97. The van der Waals surface area contributed by atoms with Gasteiger partial charge in [0.25, 0.3) is 0 Å². The van der Waals surface area contributed by atoms with Crippen LogP contribution in [0.1, 0.15) is 6.92 Å². The summed E-state index contributed by atoms with van der Waals surface area (Å²) in [6.45, 7) is 2.14. The van der Waals surface area contributed by atoms with Gasteiger partial charge in [-0.1, -0.05) is 0 Å². The molecule has 0 aromatic carbocycles. The summed E-state index contributed by atoms with van der Waals surface area (Å²) in [5.41, 5.74) is 3.05. The lowest BCUT2D eigenvalue weighted by molar-refractivity contribution is 0.153. The van der Waals surface area contributed by atoms with Gasteiger partial charge in [0.1, 0.15) is 6.17 Å². The van der Waals surface area contributed by atoms with Crippen LogP contribution < -0.4 is 5.43 Å². The average Bonchev–Trinajstić information content (AvgIpc) is 2.15. The molecule has 0 aromatic rings. The molecular formula is C6H13N3. The van der Waals surface area contributed by atoms with E-state index in [1.807, 2.05) is 24.5 Å². The number of nitrogens with one attached hydrogen (secondary N) is 1. The van der Waals surface area contributed by atoms with Crippen LogP contribution >= 0.6 is 0 Å². The third-order valence-corrected chi connectivity index (χ3v) is 1.71. The summed E-state index contributed by atoms with van der Waals surface area (Å²) >= 11 is 0. The lowest BCUT2D eigenvalue weighted by Crippen LogP contribution is -2.40. The molecule has 0 spiro atoms. The Bertz CT molecular complexity index is 121.